The van der Waals surface area contributed by atoms with Gasteiger partial charge in [-0.1, -0.05) is 12.1 Å². The van der Waals surface area contributed by atoms with Gasteiger partial charge in [-0.25, -0.2) is 0 Å². The molecule has 2 atom stereocenters. The van der Waals surface area contributed by atoms with Gasteiger partial charge in [-0.2, -0.15) is 0 Å². The number of hydrogen-bond donors (Lipinski definition) is 1. The molecule has 1 saturated heterocycles. The van der Waals surface area contributed by atoms with Crippen molar-refractivity contribution in [2.24, 2.45) is 11.7 Å². The third kappa shape index (κ3) is 3.48. The van der Waals surface area contributed by atoms with E-state index in [2.05, 4.69) is 15.9 Å². The maximum atomic E-state index is 12.3. The summed E-state index contributed by atoms with van der Waals surface area (Å²) in [4.78, 5) is 14.1. The van der Waals surface area contributed by atoms with Crippen LogP contribution in [0.15, 0.2) is 28.7 Å². The summed E-state index contributed by atoms with van der Waals surface area (Å²) in [6, 6.07) is 7.54. The minimum absolute atomic E-state index is 0.0340. The molecule has 1 aromatic rings. The van der Waals surface area contributed by atoms with E-state index in [0.717, 1.165) is 24.0 Å². The van der Waals surface area contributed by atoms with E-state index in [-0.39, 0.29) is 5.91 Å². The van der Waals surface area contributed by atoms with E-state index >= 15 is 0 Å². The Balaban J connectivity index is 1.95. The number of nitrogens with zero attached hydrogens (tertiary/aromatic N) is 1. The Morgan fingerprint density at radius 1 is 1.58 bits per heavy atom. The normalized spacial score (nSPS) is 20.4. The Kier molecular flexibility index (Phi) is 4.82. The van der Waals surface area contributed by atoms with Gasteiger partial charge in [-0.05, 0) is 53.9 Å². The number of likely N-dealkylation sites (tertiary alicyclic amines) is 1. The summed E-state index contributed by atoms with van der Waals surface area (Å²) in [6.45, 7) is 3.96. The number of para-hydroxylation sites is 1. The highest BCUT2D eigenvalue weighted by molar-refractivity contribution is 9.10. The molecule has 1 aliphatic heterocycles. The SMILES string of the molecule is C[C@H](Oc1ccccc1Br)C(=O)N1CC[C@@H](CN)C1. The number of rotatable bonds is 4. The van der Waals surface area contributed by atoms with Crippen molar-refractivity contribution in [3.8, 4) is 5.75 Å². The highest BCUT2D eigenvalue weighted by Gasteiger charge is 2.29. The molecule has 1 fully saturated rings. The van der Waals surface area contributed by atoms with E-state index in [0.29, 0.717) is 18.2 Å². The van der Waals surface area contributed by atoms with Gasteiger partial charge >= 0.3 is 0 Å². The molecule has 0 aliphatic carbocycles. The summed E-state index contributed by atoms with van der Waals surface area (Å²) in [7, 11) is 0. The van der Waals surface area contributed by atoms with E-state index in [1.54, 1.807) is 6.92 Å². The summed E-state index contributed by atoms with van der Waals surface area (Å²) in [5, 5.41) is 0. The summed E-state index contributed by atoms with van der Waals surface area (Å²) in [5.74, 6) is 1.16. The second-order valence-electron chi connectivity index (χ2n) is 4.87. The van der Waals surface area contributed by atoms with Gasteiger partial charge in [-0.15, -0.1) is 0 Å². The smallest absolute Gasteiger partial charge is 0.263 e. The first kappa shape index (κ1) is 14.3. The molecule has 104 valence electrons. The molecule has 0 unspecified atom stereocenters. The lowest BCUT2D eigenvalue weighted by Crippen LogP contribution is -2.39. The van der Waals surface area contributed by atoms with Crippen molar-refractivity contribution in [2.45, 2.75) is 19.4 Å². The summed E-state index contributed by atoms with van der Waals surface area (Å²) in [5.41, 5.74) is 5.64. The standard InChI is InChI=1S/C14H19BrN2O2/c1-10(19-13-5-3-2-4-12(13)15)14(18)17-7-6-11(8-16)9-17/h2-5,10-11H,6-9,16H2,1H3/t10-,11-/m0/s1. The van der Waals surface area contributed by atoms with Crippen LogP contribution >= 0.6 is 15.9 Å². The van der Waals surface area contributed by atoms with E-state index < -0.39 is 6.10 Å². The molecule has 0 bridgehead atoms. The van der Waals surface area contributed by atoms with Crippen molar-refractivity contribution in [1.82, 2.24) is 4.90 Å². The molecular weight excluding hydrogens is 308 g/mol. The van der Waals surface area contributed by atoms with Crippen LogP contribution in [0.3, 0.4) is 0 Å². The average molecular weight is 327 g/mol. The fourth-order valence-corrected chi connectivity index (χ4v) is 2.64. The van der Waals surface area contributed by atoms with Gasteiger partial charge in [-0.3, -0.25) is 4.79 Å². The minimum Gasteiger partial charge on any atom is -0.480 e. The predicted molar refractivity (Wildman–Crippen MR) is 78.0 cm³/mol. The van der Waals surface area contributed by atoms with Crippen molar-refractivity contribution < 1.29 is 9.53 Å². The van der Waals surface area contributed by atoms with Gasteiger partial charge in [0.15, 0.2) is 6.10 Å². The Bertz CT molecular complexity index is 453. The molecule has 4 nitrogen and oxygen atoms in total. The van der Waals surface area contributed by atoms with Gasteiger partial charge in [0, 0.05) is 13.1 Å². The van der Waals surface area contributed by atoms with Crippen LogP contribution in [-0.2, 0) is 4.79 Å². The highest BCUT2D eigenvalue weighted by atomic mass is 79.9. The topological polar surface area (TPSA) is 55.6 Å². The van der Waals surface area contributed by atoms with Crippen molar-refractivity contribution >= 4 is 21.8 Å². The van der Waals surface area contributed by atoms with Crippen LogP contribution < -0.4 is 10.5 Å². The van der Waals surface area contributed by atoms with Gasteiger partial charge < -0.3 is 15.4 Å². The first-order chi connectivity index (χ1) is 9.11. The van der Waals surface area contributed by atoms with Crippen LogP contribution in [0.1, 0.15) is 13.3 Å². The Morgan fingerprint density at radius 3 is 2.95 bits per heavy atom. The third-order valence-electron chi connectivity index (χ3n) is 3.42. The largest absolute Gasteiger partial charge is 0.480 e. The van der Waals surface area contributed by atoms with E-state index in [4.69, 9.17) is 10.5 Å². The lowest BCUT2D eigenvalue weighted by Gasteiger charge is -2.22. The number of hydrogen-bond acceptors (Lipinski definition) is 3. The van der Waals surface area contributed by atoms with Crippen molar-refractivity contribution in [3.05, 3.63) is 28.7 Å². The second kappa shape index (κ2) is 6.39. The number of benzene rings is 1. The van der Waals surface area contributed by atoms with Gasteiger partial charge in [0.1, 0.15) is 5.75 Å². The van der Waals surface area contributed by atoms with Crippen molar-refractivity contribution in [3.63, 3.8) is 0 Å². The molecule has 1 amide bonds. The molecule has 19 heavy (non-hydrogen) atoms. The fourth-order valence-electron chi connectivity index (χ4n) is 2.26. The number of ether oxygens (including phenoxy) is 1. The van der Waals surface area contributed by atoms with E-state index in [9.17, 15) is 4.79 Å². The number of amides is 1. The lowest BCUT2D eigenvalue weighted by molar-refractivity contribution is -0.137. The average Bonchev–Trinajstić information content (AvgIpc) is 2.89. The zero-order valence-corrected chi connectivity index (χ0v) is 12.6. The van der Waals surface area contributed by atoms with E-state index in [1.807, 2.05) is 29.2 Å². The minimum atomic E-state index is -0.477. The van der Waals surface area contributed by atoms with Crippen LogP contribution in [0, 0.1) is 5.92 Å². The number of carbonyl (C=O) groups excluding carboxylic acids is 1. The van der Waals surface area contributed by atoms with Crippen molar-refractivity contribution in [1.29, 1.82) is 0 Å². The quantitative estimate of drug-likeness (QED) is 0.921. The molecule has 0 saturated carbocycles. The lowest BCUT2D eigenvalue weighted by atomic mass is 10.1. The summed E-state index contributed by atoms with van der Waals surface area (Å²) >= 11 is 3.41. The molecule has 5 heteroatoms. The number of halogens is 1. The summed E-state index contributed by atoms with van der Waals surface area (Å²) < 4.78 is 6.58. The molecule has 0 radical (unpaired) electrons. The molecule has 1 heterocycles. The van der Waals surface area contributed by atoms with Crippen LogP contribution in [0.25, 0.3) is 0 Å². The van der Waals surface area contributed by atoms with Gasteiger partial charge in [0.25, 0.3) is 5.91 Å². The first-order valence-corrected chi connectivity index (χ1v) is 7.31. The first-order valence-electron chi connectivity index (χ1n) is 6.52. The second-order valence-corrected chi connectivity index (χ2v) is 5.72. The molecule has 0 aromatic heterocycles. The highest BCUT2D eigenvalue weighted by Crippen LogP contribution is 2.25. The third-order valence-corrected chi connectivity index (χ3v) is 4.07. The number of carbonyl (C=O) groups is 1. The molecular formula is C14H19BrN2O2. The van der Waals surface area contributed by atoms with Crippen molar-refractivity contribution in [2.75, 3.05) is 19.6 Å². The van der Waals surface area contributed by atoms with E-state index in [1.165, 1.54) is 0 Å². The van der Waals surface area contributed by atoms with Gasteiger partial charge in [0.05, 0.1) is 4.47 Å². The zero-order chi connectivity index (χ0) is 13.8. The monoisotopic (exact) mass is 326 g/mol. The van der Waals surface area contributed by atoms with Crippen LogP contribution in [-0.4, -0.2) is 36.5 Å². The number of nitrogens with two attached hydrogens (primary N) is 1. The Morgan fingerprint density at radius 2 is 2.32 bits per heavy atom. The molecule has 1 aromatic carbocycles. The van der Waals surface area contributed by atoms with Crippen LogP contribution in [0.4, 0.5) is 0 Å². The maximum absolute atomic E-state index is 12.3. The van der Waals surface area contributed by atoms with Crippen LogP contribution in [0.5, 0.6) is 5.75 Å². The van der Waals surface area contributed by atoms with Crippen LogP contribution in [0.2, 0.25) is 0 Å². The summed E-state index contributed by atoms with van der Waals surface area (Å²) in [6.07, 6.45) is 0.513. The van der Waals surface area contributed by atoms with Gasteiger partial charge in [0.2, 0.25) is 0 Å². The fraction of sp³-hybridized carbons (Fsp3) is 0.500. The Hall–Kier alpha value is -1.07. The Labute approximate surface area is 122 Å². The predicted octanol–water partition coefficient (Wildman–Crippen LogP) is 2.02. The zero-order valence-electron chi connectivity index (χ0n) is 11.0. The molecule has 2 rings (SSSR count). The molecule has 2 N–H and O–H groups in total. The molecule has 1 aliphatic rings. The maximum Gasteiger partial charge on any atom is 0.263 e. The molecule has 0 spiro atoms.